The van der Waals surface area contributed by atoms with Crippen LogP contribution in [-0.2, 0) is 10.1 Å². The molecule has 10 heteroatoms. The van der Waals surface area contributed by atoms with E-state index >= 15 is 0 Å². The summed E-state index contributed by atoms with van der Waals surface area (Å²) in [4.78, 5) is 0. The average Bonchev–Trinajstić information content (AvgIpc) is 2.95. The molecule has 1 aliphatic carbocycles. The molecule has 26 heavy (non-hydrogen) atoms. The second kappa shape index (κ2) is 6.76. The van der Waals surface area contributed by atoms with Crippen LogP contribution in [0, 0.1) is 5.92 Å². The van der Waals surface area contributed by atoms with Gasteiger partial charge in [-0.25, -0.2) is 8.42 Å². The van der Waals surface area contributed by atoms with E-state index in [1.807, 2.05) is 12.1 Å². The van der Waals surface area contributed by atoms with Gasteiger partial charge in [-0.2, -0.15) is 13.2 Å². The molecule has 0 unspecified atom stereocenters. The van der Waals surface area contributed by atoms with Gasteiger partial charge in [-0.15, -0.1) is 0 Å². The van der Waals surface area contributed by atoms with Gasteiger partial charge in [0.25, 0.3) is 0 Å². The second-order valence-electron chi connectivity index (χ2n) is 7.24. The molecule has 0 spiro atoms. The molecule has 0 amide bonds. The Morgan fingerprint density at radius 3 is 2.15 bits per heavy atom. The van der Waals surface area contributed by atoms with E-state index in [2.05, 4.69) is 37.6 Å². The Labute approximate surface area is 155 Å². The van der Waals surface area contributed by atoms with Crippen molar-refractivity contribution in [2.75, 3.05) is 0 Å². The molecule has 2 aliphatic rings. The van der Waals surface area contributed by atoms with Gasteiger partial charge in [0.1, 0.15) is 5.54 Å². The summed E-state index contributed by atoms with van der Waals surface area (Å²) in [5, 5.41) is 5.80. The van der Waals surface area contributed by atoms with Crippen molar-refractivity contribution in [2.45, 2.75) is 56.6 Å². The van der Waals surface area contributed by atoms with Gasteiger partial charge in [0.05, 0.1) is 5.92 Å². The number of alkyl halides is 3. The van der Waals surface area contributed by atoms with Crippen molar-refractivity contribution in [1.29, 1.82) is 0 Å². The van der Waals surface area contributed by atoms with Gasteiger partial charge in [0.15, 0.2) is 15.7 Å². The standard InChI is InChI=1S/C15H20ClN2.CHF3O3S/c1-14(2)13-5-4-10-15(13,3)17-18(14)12-8-6-11(16)7-9-12;2-1(3,4)8(5,6)7/h6-9,13H,4-5,10H2,1-3H3;(H,5,6,7)/q+1;/p-1/t13-,15-;/m0./s1. The maximum Gasteiger partial charge on any atom is 0.485 e. The number of fused-ring (bicyclic) bond motifs is 1. The molecule has 0 radical (unpaired) electrons. The summed E-state index contributed by atoms with van der Waals surface area (Å²) in [6, 6.07) is 8.02. The average molecular weight is 413 g/mol. The Bertz CT molecular complexity index is 807. The monoisotopic (exact) mass is 412 g/mol. The van der Waals surface area contributed by atoms with Crippen molar-refractivity contribution in [3.8, 4) is 0 Å². The van der Waals surface area contributed by atoms with Crippen molar-refractivity contribution < 1.29 is 30.8 Å². The van der Waals surface area contributed by atoms with E-state index in [1.165, 1.54) is 19.3 Å². The summed E-state index contributed by atoms with van der Waals surface area (Å²) in [5.74, 6) is 0.653. The minimum Gasteiger partial charge on any atom is -0.741 e. The van der Waals surface area contributed by atoms with Crippen LogP contribution in [0.4, 0.5) is 18.9 Å². The molecule has 2 atom stereocenters. The van der Waals surface area contributed by atoms with Crippen LogP contribution >= 0.6 is 11.6 Å². The highest BCUT2D eigenvalue weighted by atomic mass is 35.5. The molecular weight excluding hydrogens is 393 g/mol. The third kappa shape index (κ3) is 4.04. The van der Waals surface area contributed by atoms with Crippen molar-refractivity contribution in [2.24, 2.45) is 11.0 Å². The lowest BCUT2D eigenvalue weighted by Gasteiger charge is -2.23. The predicted molar refractivity (Wildman–Crippen MR) is 89.4 cm³/mol. The van der Waals surface area contributed by atoms with Crippen LogP contribution in [0.2, 0.25) is 5.02 Å². The first-order valence-corrected chi connectivity index (χ1v) is 9.78. The first-order chi connectivity index (χ1) is 11.7. The quantitative estimate of drug-likeness (QED) is 0.376. The topological polar surface area (TPSA) is 72.6 Å². The van der Waals surface area contributed by atoms with Crippen molar-refractivity contribution >= 4 is 27.4 Å². The van der Waals surface area contributed by atoms with Crippen LogP contribution in [0.1, 0.15) is 40.0 Å². The van der Waals surface area contributed by atoms with Crippen LogP contribution in [0.25, 0.3) is 0 Å². The smallest absolute Gasteiger partial charge is 0.485 e. The van der Waals surface area contributed by atoms with Gasteiger partial charge in [-0.1, -0.05) is 22.7 Å². The summed E-state index contributed by atoms with van der Waals surface area (Å²) < 4.78 is 61.1. The van der Waals surface area contributed by atoms with Crippen LogP contribution in [-0.4, -0.2) is 34.3 Å². The number of hydrogen-bond acceptors (Lipinski definition) is 4. The normalized spacial score (nSPS) is 27.4. The Kier molecular flexibility index (Phi) is 5.49. The molecule has 0 aromatic heterocycles. The fourth-order valence-electron chi connectivity index (χ4n) is 3.86. The summed E-state index contributed by atoms with van der Waals surface area (Å²) >= 11 is 5.96. The van der Waals surface area contributed by atoms with Crippen molar-refractivity contribution in [1.82, 2.24) is 0 Å². The first-order valence-electron chi connectivity index (χ1n) is 7.99. The van der Waals surface area contributed by atoms with E-state index in [1.54, 1.807) is 0 Å². The van der Waals surface area contributed by atoms with E-state index in [4.69, 9.17) is 29.7 Å². The van der Waals surface area contributed by atoms with Crippen LogP contribution in [0.5, 0.6) is 0 Å². The van der Waals surface area contributed by atoms with Crippen molar-refractivity contribution in [3.63, 3.8) is 0 Å². The number of halogens is 4. The molecular formula is C16H20ClF3N2O3S. The van der Waals surface area contributed by atoms with E-state index in [0.29, 0.717) is 5.92 Å². The van der Waals surface area contributed by atoms with Gasteiger partial charge >= 0.3 is 5.51 Å². The summed E-state index contributed by atoms with van der Waals surface area (Å²) in [7, 11) is -6.09. The summed E-state index contributed by atoms with van der Waals surface area (Å²) in [6.07, 6.45) is 3.81. The number of nitrogens with zero attached hydrogens (tertiary/aromatic N) is 2. The molecule has 146 valence electrons. The lowest BCUT2D eigenvalue weighted by molar-refractivity contribution is -0.579. The number of azo groups is 2. The Balaban J connectivity index is 0.000000260. The van der Waals surface area contributed by atoms with Gasteiger partial charge in [0, 0.05) is 31.0 Å². The molecule has 3 rings (SSSR count). The molecule has 0 bridgehead atoms. The predicted octanol–water partition coefficient (Wildman–Crippen LogP) is 4.84. The third-order valence-corrected chi connectivity index (χ3v) is 5.83. The fourth-order valence-corrected chi connectivity index (χ4v) is 3.99. The number of rotatable bonds is 1. The minimum atomic E-state index is -6.09. The number of benzene rings is 1. The molecule has 1 saturated carbocycles. The molecule has 0 saturated heterocycles. The molecule has 1 heterocycles. The minimum absolute atomic E-state index is 0.0963. The van der Waals surface area contributed by atoms with Gasteiger partial charge < -0.3 is 4.55 Å². The van der Waals surface area contributed by atoms with E-state index < -0.39 is 15.6 Å². The van der Waals surface area contributed by atoms with Crippen molar-refractivity contribution in [3.05, 3.63) is 29.3 Å². The zero-order chi connectivity index (χ0) is 20.0. The molecule has 1 aromatic carbocycles. The maximum absolute atomic E-state index is 10.7. The first kappa shape index (κ1) is 21.1. The van der Waals surface area contributed by atoms with Gasteiger partial charge in [-0.05, 0) is 37.0 Å². The Morgan fingerprint density at radius 1 is 1.23 bits per heavy atom. The summed E-state index contributed by atoms with van der Waals surface area (Å²) in [6.45, 7) is 6.93. The second-order valence-corrected chi connectivity index (χ2v) is 9.05. The fraction of sp³-hybridized carbons (Fsp3) is 0.625. The summed E-state index contributed by atoms with van der Waals surface area (Å²) in [5.41, 5.74) is -4.27. The largest absolute Gasteiger partial charge is 0.741 e. The zero-order valence-electron chi connectivity index (χ0n) is 14.5. The van der Waals surface area contributed by atoms with Crippen LogP contribution in [0.3, 0.4) is 0 Å². The Morgan fingerprint density at radius 2 is 1.73 bits per heavy atom. The van der Waals surface area contributed by atoms with Crippen LogP contribution < -0.4 is 0 Å². The highest BCUT2D eigenvalue weighted by Gasteiger charge is 2.61. The van der Waals surface area contributed by atoms with Gasteiger partial charge in [0.2, 0.25) is 5.69 Å². The SMILES string of the molecule is CC1(C)[C@@H]2CCC[C@]2(C)N=[N+]1c1ccc(Cl)cc1.O=S(=O)([O-])C(F)(F)F. The van der Waals surface area contributed by atoms with E-state index in [9.17, 15) is 13.2 Å². The lowest BCUT2D eigenvalue weighted by atomic mass is 9.78. The van der Waals surface area contributed by atoms with Gasteiger partial charge in [-0.3, -0.25) is 0 Å². The van der Waals surface area contributed by atoms with E-state index in [-0.39, 0.29) is 11.1 Å². The van der Waals surface area contributed by atoms with E-state index in [0.717, 1.165) is 10.7 Å². The Hall–Kier alpha value is -1.19. The molecule has 1 aliphatic heterocycles. The molecule has 1 aromatic rings. The molecule has 1 fully saturated rings. The highest BCUT2D eigenvalue weighted by Crippen LogP contribution is 2.52. The van der Waals surface area contributed by atoms with Crippen LogP contribution in [0.15, 0.2) is 29.4 Å². The highest BCUT2D eigenvalue weighted by molar-refractivity contribution is 7.86. The molecule has 5 nitrogen and oxygen atoms in total. The maximum atomic E-state index is 10.7. The third-order valence-electron chi connectivity index (χ3n) is 5.01. The number of hydrogen-bond donors (Lipinski definition) is 0. The zero-order valence-corrected chi connectivity index (χ0v) is 16.1. The lowest BCUT2D eigenvalue weighted by Crippen LogP contribution is -2.40. The molecule has 0 N–H and O–H groups in total.